The molecule has 13 heavy (non-hydrogen) atoms. The summed E-state index contributed by atoms with van der Waals surface area (Å²) in [6.07, 6.45) is 2.03. The molecule has 0 radical (unpaired) electrons. The van der Waals surface area contributed by atoms with Gasteiger partial charge in [0.1, 0.15) is 7.05 Å². The number of hydrogen-bond acceptors (Lipinski definition) is 1. The van der Waals surface area contributed by atoms with Gasteiger partial charge in [-0.2, -0.15) is 0 Å². The maximum absolute atomic E-state index is 5.66. The predicted octanol–water partition coefficient (Wildman–Crippen LogP) is -1.75. The highest BCUT2D eigenvalue weighted by atomic mass is 79.9. The zero-order valence-corrected chi connectivity index (χ0v) is 8.95. The Balaban J connectivity index is 0.000000845. The van der Waals surface area contributed by atoms with E-state index in [1.165, 1.54) is 10.9 Å². The Kier molecular flexibility index (Phi) is 2.88. The van der Waals surface area contributed by atoms with Gasteiger partial charge in [0.2, 0.25) is 5.52 Å². The number of nitrogens with two attached hydrogens (primary N) is 1. The van der Waals surface area contributed by atoms with Crippen molar-refractivity contribution in [2.75, 3.05) is 5.73 Å². The molecule has 0 fully saturated rings. The minimum atomic E-state index is 0. The third-order valence-corrected chi connectivity index (χ3v) is 2.02. The number of benzene rings is 1. The molecule has 0 bridgehead atoms. The number of halogens is 1. The molecule has 0 amide bonds. The van der Waals surface area contributed by atoms with Gasteiger partial charge in [0, 0.05) is 23.2 Å². The average Bonchev–Trinajstić information content (AvgIpc) is 2.04. The lowest BCUT2D eigenvalue weighted by molar-refractivity contribution is -0.644. The van der Waals surface area contributed by atoms with Crippen LogP contribution >= 0.6 is 0 Å². The summed E-state index contributed by atoms with van der Waals surface area (Å²) in [4.78, 5) is 0. The number of hydrogen-bond donors (Lipinski definition) is 1. The molecule has 1 heterocycles. The summed E-state index contributed by atoms with van der Waals surface area (Å²) in [6.45, 7) is 0. The molecule has 2 rings (SSSR count). The zero-order valence-electron chi connectivity index (χ0n) is 7.37. The number of pyridine rings is 1. The molecule has 0 aliphatic carbocycles. The van der Waals surface area contributed by atoms with Gasteiger partial charge in [-0.15, -0.1) is 0 Å². The topological polar surface area (TPSA) is 29.9 Å². The molecular formula is C10H11BrN2. The van der Waals surface area contributed by atoms with Crippen LogP contribution in [0.2, 0.25) is 0 Å². The standard InChI is InChI=1S/C10H11N2.BrH/c1-12-6-2-3-8-7-9(11)4-5-10(8)12;/h2-7H,11H2,1H3;1H/q+1;/p-1. The second kappa shape index (κ2) is 3.75. The first kappa shape index (κ1) is 9.99. The largest absolute Gasteiger partial charge is 1.00 e. The molecule has 0 aliphatic heterocycles. The van der Waals surface area contributed by atoms with Crippen molar-refractivity contribution in [3.8, 4) is 0 Å². The van der Waals surface area contributed by atoms with E-state index in [0.29, 0.717) is 0 Å². The summed E-state index contributed by atoms with van der Waals surface area (Å²) in [5.74, 6) is 0. The molecule has 2 aromatic rings. The Hall–Kier alpha value is -1.09. The molecule has 1 aromatic carbocycles. The molecule has 0 aliphatic rings. The molecule has 1 aromatic heterocycles. The van der Waals surface area contributed by atoms with Crippen molar-refractivity contribution < 1.29 is 21.5 Å². The van der Waals surface area contributed by atoms with Crippen LogP contribution in [0.25, 0.3) is 10.9 Å². The summed E-state index contributed by atoms with van der Waals surface area (Å²) in [5, 5.41) is 1.18. The molecule has 0 spiro atoms. The van der Waals surface area contributed by atoms with Gasteiger partial charge in [0.05, 0.1) is 0 Å². The first-order chi connectivity index (χ1) is 5.77. The van der Waals surface area contributed by atoms with Gasteiger partial charge in [-0.05, 0) is 18.2 Å². The third-order valence-electron chi connectivity index (χ3n) is 2.02. The molecule has 0 unspecified atom stereocenters. The summed E-state index contributed by atoms with van der Waals surface area (Å²) >= 11 is 0. The van der Waals surface area contributed by atoms with E-state index < -0.39 is 0 Å². The highest BCUT2D eigenvalue weighted by molar-refractivity contribution is 5.78. The van der Waals surface area contributed by atoms with Crippen molar-refractivity contribution in [1.29, 1.82) is 0 Å². The molecule has 2 nitrogen and oxygen atoms in total. The van der Waals surface area contributed by atoms with Gasteiger partial charge in [-0.25, -0.2) is 4.57 Å². The number of aryl methyl sites for hydroxylation is 1. The highest BCUT2D eigenvalue weighted by Crippen LogP contribution is 2.12. The van der Waals surface area contributed by atoms with Crippen LogP contribution < -0.4 is 27.3 Å². The van der Waals surface area contributed by atoms with E-state index in [1.54, 1.807) is 0 Å². The molecular weight excluding hydrogens is 228 g/mol. The maximum Gasteiger partial charge on any atom is 0.212 e. The van der Waals surface area contributed by atoms with Crippen molar-refractivity contribution >= 4 is 16.6 Å². The average molecular weight is 239 g/mol. The van der Waals surface area contributed by atoms with E-state index in [4.69, 9.17) is 5.73 Å². The van der Waals surface area contributed by atoms with E-state index in [2.05, 4.69) is 10.6 Å². The van der Waals surface area contributed by atoms with Crippen LogP contribution in [0.15, 0.2) is 36.5 Å². The zero-order chi connectivity index (χ0) is 8.55. The van der Waals surface area contributed by atoms with Crippen LogP contribution in [-0.2, 0) is 7.05 Å². The molecule has 68 valence electrons. The summed E-state index contributed by atoms with van der Waals surface area (Å²) in [6, 6.07) is 10.0. The van der Waals surface area contributed by atoms with Crippen molar-refractivity contribution in [3.63, 3.8) is 0 Å². The number of fused-ring (bicyclic) bond motifs is 1. The van der Waals surface area contributed by atoms with E-state index >= 15 is 0 Å². The maximum atomic E-state index is 5.66. The fourth-order valence-corrected chi connectivity index (χ4v) is 1.38. The number of nitrogen functional groups attached to an aromatic ring is 1. The van der Waals surface area contributed by atoms with Gasteiger partial charge in [0.15, 0.2) is 6.20 Å². The lowest BCUT2D eigenvalue weighted by Gasteiger charge is -1.96. The van der Waals surface area contributed by atoms with Gasteiger partial charge in [-0.3, -0.25) is 0 Å². The van der Waals surface area contributed by atoms with Gasteiger partial charge >= 0.3 is 0 Å². The fraction of sp³-hybridized carbons (Fsp3) is 0.100. The normalized spacial score (nSPS) is 9.62. The van der Waals surface area contributed by atoms with Crippen molar-refractivity contribution in [1.82, 2.24) is 0 Å². The Morgan fingerprint density at radius 1 is 1.23 bits per heavy atom. The number of rotatable bonds is 0. The number of nitrogens with zero attached hydrogens (tertiary/aromatic N) is 1. The quantitative estimate of drug-likeness (QED) is 0.429. The number of aromatic nitrogens is 1. The SMILES string of the molecule is C[n+]1cccc2cc(N)ccc21.[Br-]. The van der Waals surface area contributed by atoms with Gasteiger partial charge in [-0.1, -0.05) is 0 Å². The molecule has 2 N–H and O–H groups in total. The fourth-order valence-electron chi connectivity index (χ4n) is 1.38. The summed E-state index contributed by atoms with van der Waals surface area (Å²) < 4.78 is 2.08. The van der Waals surface area contributed by atoms with Crippen molar-refractivity contribution in [2.45, 2.75) is 0 Å². The third kappa shape index (κ3) is 1.80. The smallest absolute Gasteiger partial charge is 0.212 e. The van der Waals surface area contributed by atoms with Crippen LogP contribution in [0.3, 0.4) is 0 Å². The van der Waals surface area contributed by atoms with Gasteiger partial charge in [0.25, 0.3) is 0 Å². The second-order valence-electron chi connectivity index (χ2n) is 2.94. The Bertz CT molecular complexity index is 426. The van der Waals surface area contributed by atoms with E-state index in [-0.39, 0.29) is 17.0 Å². The van der Waals surface area contributed by atoms with Crippen LogP contribution in [-0.4, -0.2) is 0 Å². The Morgan fingerprint density at radius 3 is 2.77 bits per heavy atom. The lowest BCUT2D eigenvalue weighted by atomic mass is 10.2. The first-order valence-corrected chi connectivity index (χ1v) is 3.91. The Morgan fingerprint density at radius 2 is 2.00 bits per heavy atom. The van der Waals surface area contributed by atoms with Crippen LogP contribution in [0, 0.1) is 0 Å². The second-order valence-corrected chi connectivity index (χ2v) is 2.94. The molecule has 0 saturated carbocycles. The van der Waals surface area contributed by atoms with Crippen molar-refractivity contribution in [2.24, 2.45) is 7.05 Å². The van der Waals surface area contributed by atoms with Crippen LogP contribution in [0.5, 0.6) is 0 Å². The van der Waals surface area contributed by atoms with E-state index in [0.717, 1.165) is 5.69 Å². The molecule has 0 atom stereocenters. The minimum Gasteiger partial charge on any atom is -1.00 e. The monoisotopic (exact) mass is 238 g/mol. The Labute approximate surface area is 87.8 Å². The van der Waals surface area contributed by atoms with Crippen LogP contribution in [0.4, 0.5) is 5.69 Å². The minimum absolute atomic E-state index is 0. The molecule has 3 heteroatoms. The van der Waals surface area contributed by atoms with Crippen LogP contribution in [0.1, 0.15) is 0 Å². The number of anilines is 1. The summed E-state index contributed by atoms with van der Waals surface area (Å²) in [5.41, 5.74) is 7.68. The predicted molar refractivity (Wildman–Crippen MR) is 49.5 cm³/mol. The van der Waals surface area contributed by atoms with Gasteiger partial charge < -0.3 is 22.7 Å². The lowest BCUT2D eigenvalue weighted by Crippen LogP contribution is -3.00. The van der Waals surface area contributed by atoms with E-state index in [1.807, 2.05) is 37.5 Å². The van der Waals surface area contributed by atoms with E-state index in [9.17, 15) is 0 Å². The van der Waals surface area contributed by atoms with Crippen molar-refractivity contribution in [3.05, 3.63) is 36.5 Å². The highest BCUT2D eigenvalue weighted by Gasteiger charge is 2.01. The summed E-state index contributed by atoms with van der Waals surface area (Å²) in [7, 11) is 2.03. The molecule has 0 saturated heterocycles. The first-order valence-electron chi connectivity index (χ1n) is 3.91.